The molecule has 0 radical (unpaired) electrons. The number of rotatable bonds is 9. The van der Waals surface area contributed by atoms with E-state index in [0.717, 1.165) is 10.9 Å². The van der Waals surface area contributed by atoms with Crippen LogP contribution >= 0.6 is 11.8 Å². The predicted octanol–water partition coefficient (Wildman–Crippen LogP) is 3.86. The number of carbonyl (C=O) groups is 3. The normalized spacial score (nSPS) is 12.9. The predicted molar refractivity (Wildman–Crippen MR) is 131 cm³/mol. The molecular weight excluding hydrogens is 464 g/mol. The maximum atomic E-state index is 13.0. The van der Waals surface area contributed by atoms with Gasteiger partial charge in [0.2, 0.25) is 11.8 Å². The quantitative estimate of drug-likeness (QED) is 0.283. The van der Waals surface area contributed by atoms with Crippen LogP contribution in [0.1, 0.15) is 38.6 Å². The second-order valence-electron chi connectivity index (χ2n) is 8.04. The van der Waals surface area contributed by atoms with Crippen molar-refractivity contribution in [1.29, 1.82) is 0 Å². The standard InChI is InChI=1S/C26H22N4O4S/c31-21(27-16-17-6-2-1-3-7-17)13-15-35-26-29-28-22(34-26)12-14-30-24(32)19-10-4-8-18-9-5-11-20(23(18)19)25(30)33/h1-11H,12-16H2,(H,27,31). The van der Waals surface area contributed by atoms with E-state index in [1.807, 2.05) is 54.6 Å². The van der Waals surface area contributed by atoms with E-state index in [1.165, 1.54) is 16.7 Å². The largest absolute Gasteiger partial charge is 0.416 e. The van der Waals surface area contributed by atoms with Crippen LogP contribution in [0.25, 0.3) is 10.8 Å². The summed E-state index contributed by atoms with van der Waals surface area (Å²) < 4.78 is 5.64. The second kappa shape index (κ2) is 10.1. The summed E-state index contributed by atoms with van der Waals surface area (Å²) in [7, 11) is 0. The van der Waals surface area contributed by atoms with E-state index in [-0.39, 0.29) is 30.7 Å². The van der Waals surface area contributed by atoms with Crippen molar-refractivity contribution in [2.24, 2.45) is 0 Å². The summed E-state index contributed by atoms with van der Waals surface area (Å²) in [4.78, 5) is 39.2. The highest BCUT2D eigenvalue weighted by atomic mass is 32.2. The van der Waals surface area contributed by atoms with Gasteiger partial charge in [-0.1, -0.05) is 66.4 Å². The molecule has 0 aliphatic carbocycles. The Hall–Kier alpha value is -3.98. The summed E-state index contributed by atoms with van der Waals surface area (Å²) in [6.07, 6.45) is 0.567. The Kier molecular flexibility index (Phi) is 6.58. The van der Waals surface area contributed by atoms with Crippen LogP contribution in [0.15, 0.2) is 76.4 Å². The van der Waals surface area contributed by atoms with E-state index in [1.54, 1.807) is 12.1 Å². The average molecular weight is 487 g/mol. The third-order valence-corrected chi connectivity index (χ3v) is 6.56. The molecule has 1 aromatic heterocycles. The monoisotopic (exact) mass is 486 g/mol. The molecule has 3 amide bonds. The van der Waals surface area contributed by atoms with Crippen LogP contribution in [0.5, 0.6) is 0 Å². The van der Waals surface area contributed by atoms with Gasteiger partial charge in [-0.25, -0.2) is 0 Å². The molecule has 5 rings (SSSR count). The van der Waals surface area contributed by atoms with Gasteiger partial charge in [0.15, 0.2) is 0 Å². The van der Waals surface area contributed by atoms with E-state index in [2.05, 4.69) is 15.5 Å². The van der Waals surface area contributed by atoms with Crippen molar-refractivity contribution in [3.8, 4) is 0 Å². The van der Waals surface area contributed by atoms with Gasteiger partial charge in [-0.15, -0.1) is 10.2 Å². The van der Waals surface area contributed by atoms with Crippen LogP contribution in [0.3, 0.4) is 0 Å². The van der Waals surface area contributed by atoms with E-state index in [0.29, 0.717) is 46.3 Å². The topological polar surface area (TPSA) is 105 Å². The smallest absolute Gasteiger partial charge is 0.276 e. The number of nitrogens with one attached hydrogen (secondary N) is 1. The summed E-state index contributed by atoms with van der Waals surface area (Å²) in [5.74, 6) is 0.119. The maximum Gasteiger partial charge on any atom is 0.276 e. The molecule has 9 heteroatoms. The first-order chi connectivity index (χ1) is 17.1. The van der Waals surface area contributed by atoms with E-state index >= 15 is 0 Å². The molecule has 176 valence electrons. The molecule has 2 heterocycles. The van der Waals surface area contributed by atoms with Crippen LogP contribution in [-0.4, -0.2) is 45.1 Å². The summed E-state index contributed by atoms with van der Waals surface area (Å²) in [6, 6.07) is 20.6. The van der Waals surface area contributed by atoms with Crippen molar-refractivity contribution in [1.82, 2.24) is 20.4 Å². The van der Waals surface area contributed by atoms with Gasteiger partial charge in [0.05, 0.1) is 0 Å². The molecule has 0 atom stereocenters. The molecule has 0 unspecified atom stereocenters. The van der Waals surface area contributed by atoms with Crippen LogP contribution in [0.4, 0.5) is 0 Å². The van der Waals surface area contributed by atoms with E-state index in [4.69, 9.17) is 4.42 Å². The number of imide groups is 1. The SMILES string of the molecule is O=C(CCSc1nnc(CCN2C(=O)c3cccc4cccc(c34)C2=O)o1)NCc1ccccc1. The number of benzene rings is 3. The molecule has 0 spiro atoms. The molecule has 8 nitrogen and oxygen atoms in total. The van der Waals surface area contributed by atoms with Crippen LogP contribution < -0.4 is 5.32 Å². The summed E-state index contributed by atoms with van der Waals surface area (Å²) in [6.45, 7) is 0.624. The van der Waals surface area contributed by atoms with Gasteiger partial charge in [-0.3, -0.25) is 19.3 Å². The van der Waals surface area contributed by atoms with E-state index in [9.17, 15) is 14.4 Å². The van der Waals surface area contributed by atoms with Crippen LogP contribution in [0, 0.1) is 0 Å². The maximum absolute atomic E-state index is 13.0. The molecule has 0 fully saturated rings. The minimum absolute atomic E-state index is 0.0569. The zero-order chi connectivity index (χ0) is 24.2. The van der Waals surface area contributed by atoms with Gasteiger partial charge in [0.1, 0.15) is 0 Å². The van der Waals surface area contributed by atoms with Crippen molar-refractivity contribution < 1.29 is 18.8 Å². The molecular formula is C26H22N4O4S. The Labute approximate surface area is 205 Å². The van der Waals surface area contributed by atoms with Crippen molar-refractivity contribution in [2.75, 3.05) is 12.3 Å². The zero-order valence-corrected chi connectivity index (χ0v) is 19.6. The van der Waals surface area contributed by atoms with Gasteiger partial charge in [0, 0.05) is 48.2 Å². The highest BCUT2D eigenvalue weighted by Crippen LogP contribution is 2.30. The Bertz CT molecular complexity index is 1350. The third kappa shape index (κ3) is 4.95. The van der Waals surface area contributed by atoms with Crippen LogP contribution in [-0.2, 0) is 17.8 Å². The molecule has 4 aromatic rings. The molecule has 0 saturated heterocycles. The summed E-state index contributed by atoms with van der Waals surface area (Å²) in [5.41, 5.74) is 2.08. The van der Waals surface area contributed by atoms with Crippen molar-refractivity contribution in [2.45, 2.75) is 24.6 Å². The molecule has 35 heavy (non-hydrogen) atoms. The third-order valence-electron chi connectivity index (χ3n) is 5.74. The number of thioether (sulfide) groups is 1. The first-order valence-corrected chi connectivity index (χ1v) is 12.2. The van der Waals surface area contributed by atoms with Gasteiger partial charge in [-0.2, -0.15) is 0 Å². The zero-order valence-electron chi connectivity index (χ0n) is 18.8. The second-order valence-corrected chi connectivity index (χ2v) is 9.09. The van der Waals surface area contributed by atoms with Gasteiger partial charge in [-0.05, 0) is 23.1 Å². The number of carbonyl (C=O) groups excluding carboxylic acids is 3. The minimum atomic E-state index is -0.324. The van der Waals surface area contributed by atoms with Crippen molar-refractivity contribution >= 4 is 40.3 Å². The lowest BCUT2D eigenvalue weighted by molar-refractivity contribution is -0.120. The van der Waals surface area contributed by atoms with Gasteiger partial charge >= 0.3 is 0 Å². The van der Waals surface area contributed by atoms with Crippen LogP contribution in [0.2, 0.25) is 0 Å². The Morgan fingerprint density at radius 3 is 2.34 bits per heavy atom. The lowest BCUT2D eigenvalue weighted by atomic mass is 9.94. The number of aromatic nitrogens is 2. The minimum Gasteiger partial charge on any atom is -0.416 e. The number of amides is 3. The fourth-order valence-corrected chi connectivity index (χ4v) is 4.72. The lowest BCUT2D eigenvalue weighted by Crippen LogP contribution is -2.41. The first-order valence-electron chi connectivity index (χ1n) is 11.2. The Balaban J connectivity index is 1.13. The highest BCUT2D eigenvalue weighted by molar-refractivity contribution is 7.99. The fraction of sp³-hybridized carbons (Fsp3) is 0.192. The summed E-state index contributed by atoms with van der Waals surface area (Å²) in [5, 5.41) is 12.8. The number of hydrogen-bond acceptors (Lipinski definition) is 7. The Morgan fingerprint density at radius 1 is 0.914 bits per heavy atom. The lowest BCUT2D eigenvalue weighted by Gasteiger charge is -2.26. The molecule has 0 saturated carbocycles. The number of hydrogen-bond donors (Lipinski definition) is 1. The number of nitrogens with zero attached hydrogens (tertiary/aromatic N) is 3. The molecule has 0 bridgehead atoms. The highest BCUT2D eigenvalue weighted by Gasteiger charge is 2.32. The summed E-state index contributed by atoms with van der Waals surface area (Å²) >= 11 is 1.29. The van der Waals surface area contributed by atoms with E-state index < -0.39 is 0 Å². The van der Waals surface area contributed by atoms with Gasteiger partial charge in [0.25, 0.3) is 17.0 Å². The first kappa shape index (κ1) is 22.8. The Morgan fingerprint density at radius 2 is 1.63 bits per heavy atom. The molecule has 1 N–H and O–H groups in total. The molecule has 1 aliphatic heterocycles. The molecule has 3 aromatic carbocycles. The molecule has 1 aliphatic rings. The fourth-order valence-electron chi connectivity index (χ4n) is 4.00. The van der Waals surface area contributed by atoms with Gasteiger partial charge < -0.3 is 9.73 Å². The van der Waals surface area contributed by atoms with Crippen molar-refractivity contribution in [3.05, 3.63) is 89.3 Å². The average Bonchev–Trinajstić information content (AvgIpc) is 3.34. The van der Waals surface area contributed by atoms with Crippen molar-refractivity contribution in [3.63, 3.8) is 0 Å².